The lowest BCUT2D eigenvalue weighted by Gasteiger charge is -2.11. The van der Waals surface area contributed by atoms with E-state index < -0.39 is 0 Å². The van der Waals surface area contributed by atoms with Gasteiger partial charge in [0.15, 0.2) is 0 Å². The van der Waals surface area contributed by atoms with Gasteiger partial charge in [0, 0.05) is 23.1 Å². The van der Waals surface area contributed by atoms with Gasteiger partial charge in [0.25, 0.3) is 0 Å². The second-order valence-corrected chi connectivity index (χ2v) is 7.57. The molecule has 4 nitrogen and oxygen atoms in total. The molecule has 0 atom stereocenters. The standard InChI is InChI=1S/C25H32N4/c1-4-6-8-20-10-14-22(15-11-20)27-24-18-19(3)26-25(29-24)28-23-16-12-21(13-17-23)9-7-5-2/h10-18H,4-9H2,1-3H3,(H2,26,27,28,29). The van der Waals surface area contributed by atoms with Gasteiger partial charge in [-0.05, 0) is 68.0 Å². The maximum Gasteiger partial charge on any atom is 0.229 e. The number of hydrogen-bond donors (Lipinski definition) is 2. The first kappa shape index (κ1) is 20.8. The van der Waals surface area contributed by atoms with Crippen LogP contribution in [0.4, 0.5) is 23.1 Å². The Labute approximate surface area is 174 Å². The summed E-state index contributed by atoms with van der Waals surface area (Å²) in [7, 11) is 0. The highest BCUT2D eigenvalue weighted by Gasteiger charge is 2.04. The summed E-state index contributed by atoms with van der Waals surface area (Å²) in [5.41, 5.74) is 5.70. The number of nitrogens with one attached hydrogen (secondary N) is 2. The molecular formula is C25H32N4. The molecule has 0 radical (unpaired) electrons. The monoisotopic (exact) mass is 388 g/mol. The van der Waals surface area contributed by atoms with Crippen molar-refractivity contribution in [3.05, 3.63) is 71.4 Å². The van der Waals surface area contributed by atoms with Gasteiger partial charge in [0.1, 0.15) is 5.82 Å². The molecule has 152 valence electrons. The van der Waals surface area contributed by atoms with Crippen molar-refractivity contribution in [3.63, 3.8) is 0 Å². The molecule has 0 amide bonds. The summed E-state index contributed by atoms with van der Waals surface area (Å²) < 4.78 is 0. The predicted molar refractivity (Wildman–Crippen MR) is 123 cm³/mol. The Kier molecular flexibility index (Phi) is 7.62. The molecule has 29 heavy (non-hydrogen) atoms. The third-order valence-electron chi connectivity index (χ3n) is 4.93. The Morgan fingerprint density at radius 2 is 1.21 bits per heavy atom. The predicted octanol–water partition coefficient (Wildman–Crippen LogP) is 6.96. The largest absolute Gasteiger partial charge is 0.340 e. The number of unbranched alkanes of at least 4 members (excludes halogenated alkanes) is 2. The molecule has 0 aliphatic heterocycles. The van der Waals surface area contributed by atoms with E-state index in [1.165, 1.54) is 36.8 Å². The van der Waals surface area contributed by atoms with Gasteiger partial charge in [0.2, 0.25) is 5.95 Å². The van der Waals surface area contributed by atoms with Gasteiger partial charge in [-0.15, -0.1) is 0 Å². The minimum absolute atomic E-state index is 0.605. The molecule has 0 spiro atoms. The molecule has 0 saturated heterocycles. The smallest absolute Gasteiger partial charge is 0.229 e. The van der Waals surface area contributed by atoms with Gasteiger partial charge in [0.05, 0.1) is 0 Å². The zero-order chi connectivity index (χ0) is 20.5. The molecule has 3 rings (SSSR count). The van der Waals surface area contributed by atoms with Crippen molar-refractivity contribution in [2.45, 2.75) is 59.3 Å². The van der Waals surface area contributed by atoms with E-state index in [9.17, 15) is 0 Å². The average Bonchev–Trinajstić information content (AvgIpc) is 2.72. The number of aryl methyl sites for hydroxylation is 3. The van der Waals surface area contributed by atoms with Crippen LogP contribution in [-0.4, -0.2) is 9.97 Å². The minimum atomic E-state index is 0.605. The second-order valence-electron chi connectivity index (χ2n) is 7.57. The van der Waals surface area contributed by atoms with E-state index in [2.05, 4.69) is 83.0 Å². The molecule has 3 aromatic rings. The molecule has 2 N–H and O–H groups in total. The third-order valence-corrected chi connectivity index (χ3v) is 4.93. The fraction of sp³-hybridized carbons (Fsp3) is 0.360. The van der Waals surface area contributed by atoms with Crippen molar-refractivity contribution in [2.24, 2.45) is 0 Å². The molecule has 1 heterocycles. The lowest BCUT2D eigenvalue weighted by molar-refractivity contribution is 0.795. The first-order valence-electron chi connectivity index (χ1n) is 10.7. The van der Waals surface area contributed by atoms with Crippen molar-refractivity contribution in [2.75, 3.05) is 10.6 Å². The molecule has 2 aromatic carbocycles. The van der Waals surface area contributed by atoms with E-state index in [1.54, 1.807) is 0 Å². The first-order valence-corrected chi connectivity index (χ1v) is 10.7. The molecule has 0 fully saturated rings. The fourth-order valence-corrected chi connectivity index (χ4v) is 3.24. The average molecular weight is 389 g/mol. The molecular weight excluding hydrogens is 356 g/mol. The lowest BCUT2D eigenvalue weighted by Crippen LogP contribution is -2.02. The molecule has 0 saturated carbocycles. The minimum Gasteiger partial charge on any atom is -0.340 e. The SMILES string of the molecule is CCCCc1ccc(Nc2cc(C)nc(Nc3ccc(CCCC)cc3)n2)cc1. The number of benzene rings is 2. The first-order chi connectivity index (χ1) is 14.2. The highest BCUT2D eigenvalue weighted by atomic mass is 15.1. The normalized spacial score (nSPS) is 10.7. The Hall–Kier alpha value is -2.88. The fourth-order valence-electron chi connectivity index (χ4n) is 3.24. The Morgan fingerprint density at radius 3 is 1.72 bits per heavy atom. The topological polar surface area (TPSA) is 49.8 Å². The maximum atomic E-state index is 4.63. The van der Waals surface area contributed by atoms with Gasteiger partial charge in [-0.2, -0.15) is 4.98 Å². The summed E-state index contributed by atoms with van der Waals surface area (Å²) in [5, 5.41) is 6.72. The van der Waals surface area contributed by atoms with Crippen LogP contribution in [-0.2, 0) is 12.8 Å². The number of anilines is 4. The highest BCUT2D eigenvalue weighted by molar-refractivity contribution is 5.60. The van der Waals surface area contributed by atoms with Gasteiger partial charge >= 0.3 is 0 Å². The van der Waals surface area contributed by atoms with Crippen LogP contribution in [0, 0.1) is 6.92 Å². The number of nitrogens with zero attached hydrogens (tertiary/aromatic N) is 2. The third kappa shape index (κ3) is 6.60. The summed E-state index contributed by atoms with van der Waals surface area (Å²) in [4.78, 5) is 9.16. The van der Waals surface area contributed by atoms with Crippen LogP contribution < -0.4 is 10.6 Å². The number of rotatable bonds is 10. The molecule has 1 aromatic heterocycles. The van der Waals surface area contributed by atoms with Gasteiger partial charge in [-0.25, -0.2) is 4.98 Å². The zero-order valence-corrected chi connectivity index (χ0v) is 17.8. The number of hydrogen-bond acceptors (Lipinski definition) is 4. The molecule has 0 aliphatic carbocycles. The van der Waals surface area contributed by atoms with E-state index in [4.69, 9.17) is 0 Å². The molecule has 0 aliphatic rings. The van der Waals surface area contributed by atoms with E-state index in [1.807, 2.05) is 13.0 Å². The van der Waals surface area contributed by atoms with Crippen LogP contribution in [0.2, 0.25) is 0 Å². The Balaban J connectivity index is 1.66. The van der Waals surface area contributed by atoms with Crippen LogP contribution in [0.1, 0.15) is 56.4 Å². The van der Waals surface area contributed by atoms with Crippen LogP contribution in [0.15, 0.2) is 54.6 Å². The van der Waals surface area contributed by atoms with E-state index in [-0.39, 0.29) is 0 Å². The van der Waals surface area contributed by atoms with Gasteiger partial charge in [-0.3, -0.25) is 0 Å². The van der Waals surface area contributed by atoms with Crippen LogP contribution in [0.5, 0.6) is 0 Å². The quantitative estimate of drug-likeness (QED) is 0.394. The molecule has 0 bridgehead atoms. The van der Waals surface area contributed by atoms with E-state index in [0.717, 1.165) is 35.7 Å². The van der Waals surface area contributed by atoms with Crippen LogP contribution in [0.25, 0.3) is 0 Å². The maximum absolute atomic E-state index is 4.63. The van der Waals surface area contributed by atoms with E-state index >= 15 is 0 Å². The number of aromatic nitrogens is 2. The van der Waals surface area contributed by atoms with Crippen molar-refractivity contribution >= 4 is 23.1 Å². The summed E-state index contributed by atoms with van der Waals surface area (Å²) in [6, 6.07) is 19.1. The summed E-state index contributed by atoms with van der Waals surface area (Å²) in [5.74, 6) is 1.40. The van der Waals surface area contributed by atoms with Crippen molar-refractivity contribution in [1.29, 1.82) is 0 Å². The zero-order valence-electron chi connectivity index (χ0n) is 17.8. The van der Waals surface area contributed by atoms with Crippen LogP contribution >= 0.6 is 0 Å². The molecule has 4 heteroatoms. The highest BCUT2D eigenvalue weighted by Crippen LogP contribution is 2.20. The summed E-state index contributed by atoms with van der Waals surface area (Å²) in [6.07, 6.45) is 7.15. The van der Waals surface area contributed by atoms with Gasteiger partial charge < -0.3 is 10.6 Å². The van der Waals surface area contributed by atoms with Gasteiger partial charge in [-0.1, -0.05) is 51.0 Å². The second kappa shape index (κ2) is 10.6. The Bertz CT molecular complexity index is 814. The van der Waals surface area contributed by atoms with Crippen LogP contribution in [0.3, 0.4) is 0 Å². The Morgan fingerprint density at radius 1 is 0.690 bits per heavy atom. The van der Waals surface area contributed by atoms with Crippen molar-refractivity contribution in [1.82, 2.24) is 9.97 Å². The molecule has 0 unspecified atom stereocenters. The van der Waals surface area contributed by atoms with E-state index in [0.29, 0.717) is 5.95 Å². The van der Waals surface area contributed by atoms with Crippen molar-refractivity contribution < 1.29 is 0 Å². The van der Waals surface area contributed by atoms with Crippen molar-refractivity contribution in [3.8, 4) is 0 Å². The summed E-state index contributed by atoms with van der Waals surface area (Å²) >= 11 is 0. The lowest BCUT2D eigenvalue weighted by atomic mass is 10.1. The summed E-state index contributed by atoms with van der Waals surface area (Å²) in [6.45, 7) is 6.43.